The number of hydrogen-bond acceptors (Lipinski definition) is 8. The molecule has 27 heavy (non-hydrogen) atoms. The molecule has 1 aliphatic rings. The molecular weight excluding hydrogens is 360 g/mol. The largest absolute Gasteiger partial charge is 0.463 e. The maximum Gasteiger partial charge on any atom is 0.304 e. The molecule has 0 saturated carbocycles. The molecule has 1 saturated heterocycles. The van der Waals surface area contributed by atoms with Crippen LogP contribution in [0.15, 0.2) is 24.5 Å². The predicted molar refractivity (Wildman–Crippen MR) is 86.8 cm³/mol. The van der Waals surface area contributed by atoms with Crippen molar-refractivity contribution in [2.24, 2.45) is 5.73 Å². The van der Waals surface area contributed by atoms with Crippen LogP contribution in [-0.2, 0) is 33.3 Å². The number of pyridine rings is 1. The van der Waals surface area contributed by atoms with Crippen LogP contribution in [0.3, 0.4) is 0 Å². The summed E-state index contributed by atoms with van der Waals surface area (Å²) in [7, 11) is 0. The quantitative estimate of drug-likeness (QED) is 0.392. The summed E-state index contributed by atoms with van der Waals surface area (Å²) in [6.07, 6.45) is -0.856. The molecule has 1 aromatic rings. The molecule has 0 aliphatic carbocycles. The summed E-state index contributed by atoms with van der Waals surface area (Å²) < 4.78 is 22.8. The monoisotopic (exact) mass is 381 g/mol. The minimum Gasteiger partial charge on any atom is -0.463 e. The van der Waals surface area contributed by atoms with Gasteiger partial charge in [-0.25, -0.2) is 0 Å². The normalized spacial score (nSPS) is 24.1. The summed E-state index contributed by atoms with van der Waals surface area (Å²) in [5.41, 5.74) is 5.50. The number of primary amides is 1. The zero-order chi connectivity index (χ0) is 20.1. The number of nitrogens with zero attached hydrogens (tertiary/aromatic N) is 1. The molecule has 2 N–H and O–H groups in total. The van der Waals surface area contributed by atoms with E-state index in [9.17, 15) is 19.2 Å². The number of aromatic nitrogens is 1. The Bertz CT molecular complexity index is 750. The number of rotatable bonds is 6. The van der Waals surface area contributed by atoms with Gasteiger partial charge in [-0.2, -0.15) is 4.57 Å². The minimum atomic E-state index is -1.03. The zero-order valence-corrected chi connectivity index (χ0v) is 15.1. The van der Waals surface area contributed by atoms with E-state index in [1.165, 1.54) is 37.6 Å². The van der Waals surface area contributed by atoms with E-state index in [1.54, 1.807) is 12.3 Å². The average Bonchev–Trinajstić information content (AvgIpc) is 2.89. The van der Waals surface area contributed by atoms with Gasteiger partial charge >= 0.3 is 24.1 Å². The summed E-state index contributed by atoms with van der Waals surface area (Å²) >= 11 is 0. The van der Waals surface area contributed by atoms with E-state index in [2.05, 4.69) is 0 Å². The lowest BCUT2D eigenvalue weighted by Gasteiger charge is -2.21. The molecule has 1 aliphatic heterocycles. The third-order valence-corrected chi connectivity index (χ3v) is 3.74. The van der Waals surface area contributed by atoms with Crippen molar-refractivity contribution in [1.82, 2.24) is 0 Å². The van der Waals surface area contributed by atoms with Gasteiger partial charge in [-0.1, -0.05) is 0 Å². The number of ether oxygens (including phenoxy) is 4. The Labute approximate surface area is 155 Å². The molecule has 1 aromatic heterocycles. The number of hydrogen-bond donors (Lipinski definition) is 1. The zero-order valence-electron chi connectivity index (χ0n) is 15.1. The van der Waals surface area contributed by atoms with Crippen molar-refractivity contribution < 1.29 is 42.7 Å². The van der Waals surface area contributed by atoms with Gasteiger partial charge in [0.2, 0.25) is 6.10 Å². The van der Waals surface area contributed by atoms with Crippen LogP contribution in [0.5, 0.6) is 0 Å². The van der Waals surface area contributed by atoms with Gasteiger partial charge in [0.1, 0.15) is 18.3 Å². The fourth-order valence-electron chi connectivity index (χ4n) is 2.73. The summed E-state index contributed by atoms with van der Waals surface area (Å²) in [4.78, 5) is 45.6. The van der Waals surface area contributed by atoms with Gasteiger partial charge in [0.25, 0.3) is 5.91 Å². The van der Waals surface area contributed by atoms with Crippen LogP contribution in [0.2, 0.25) is 0 Å². The first-order valence-corrected chi connectivity index (χ1v) is 8.13. The molecule has 10 heteroatoms. The highest BCUT2D eigenvalue weighted by Crippen LogP contribution is 2.31. The summed E-state index contributed by atoms with van der Waals surface area (Å²) in [5.74, 6) is -2.44. The molecule has 1 unspecified atom stereocenters. The third-order valence-electron chi connectivity index (χ3n) is 3.74. The van der Waals surface area contributed by atoms with E-state index in [4.69, 9.17) is 24.7 Å². The fraction of sp³-hybridized carbons (Fsp3) is 0.471. The van der Waals surface area contributed by atoms with Crippen LogP contribution in [0, 0.1) is 0 Å². The highest BCUT2D eigenvalue weighted by molar-refractivity contribution is 5.92. The Morgan fingerprint density at radius 2 is 1.70 bits per heavy atom. The number of amides is 1. The first kappa shape index (κ1) is 20.3. The highest BCUT2D eigenvalue weighted by atomic mass is 16.7. The molecule has 4 atom stereocenters. The van der Waals surface area contributed by atoms with Gasteiger partial charge in [-0.3, -0.25) is 19.2 Å². The van der Waals surface area contributed by atoms with E-state index in [0.717, 1.165) is 0 Å². The van der Waals surface area contributed by atoms with Crippen LogP contribution >= 0.6 is 0 Å². The fourth-order valence-corrected chi connectivity index (χ4v) is 2.73. The Hall–Kier alpha value is -3.01. The minimum absolute atomic E-state index is 0.204. The lowest BCUT2D eigenvalue weighted by molar-refractivity contribution is -0.765. The molecule has 0 spiro atoms. The second-order valence-corrected chi connectivity index (χ2v) is 5.92. The van der Waals surface area contributed by atoms with E-state index in [-0.39, 0.29) is 12.2 Å². The average molecular weight is 381 g/mol. The van der Waals surface area contributed by atoms with Crippen LogP contribution in [0.4, 0.5) is 0 Å². The van der Waals surface area contributed by atoms with Crippen molar-refractivity contribution in [2.75, 3.05) is 6.61 Å². The molecule has 146 valence electrons. The summed E-state index contributed by atoms with van der Waals surface area (Å²) in [6, 6.07) is 3.07. The van der Waals surface area contributed by atoms with Crippen LogP contribution in [0.25, 0.3) is 0 Å². The first-order chi connectivity index (χ1) is 12.7. The predicted octanol–water partition coefficient (Wildman–Crippen LogP) is -0.603. The molecule has 10 nitrogen and oxygen atoms in total. The molecule has 1 fully saturated rings. The van der Waals surface area contributed by atoms with Crippen molar-refractivity contribution in [2.45, 2.75) is 45.3 Å². The first-order valence-electron chi connectivity index (χ1n) is 8.13. The lowest BCUT2D eigenvalue weighted by Crippen LogP contribution is -2.48. The standard InChI is InChI=1S/C17H20N2O8/c1-9(20)24-8-13-14(25-10(2)21)15(26-11(3)22)17(27-13)19-6-4-5-12(7-19)16(18)23/h4-7,13-15,17H,8H2,1-3H3,(H-,18,23)/p+1/t13-,14-,15-,17?/m1/s1. The van der Waals surface area contributed by atoms with E-state index < -0.39 is 48.4 Å². The summed E-state index contributed by atoms with van der Waals surface area (Å²) in [5, 5.41) is 0. The van der Waals surface area contributed by atoms with Crippen LogP contribution in [0.1, 0.15) is 37.4 Å². The van der Waals surface area contributed by atoms with Gasteiger partial charge in [0.05, 0.1) is 0 Å². The smallest absolute Gasteiger partial charge is 0.304 e. The Morgan fingerprint density at radius 1 is 1.07 bits per heavy atom. The van der Waals surface area contributed by atoms with E-state index in [0.29, 0.717) is 0 Å². The molecule has 0 bridgehead atoms. The Morgan fingerprint density at radius 3 is 2.26 bits per heavy atom. The van der Waals surface area contributed by atoms with Crippen molar-refractivity contribution in [3.63, 3.8) is 0 Å². The van der Waals surface area contributed by atoms with Gasteiger partial charge in [0.15, 0.2) is 18.5 Å². The number of esters is 3. The van der Waals surface area contributed by atoms with Crippen molar-refractivity contribution >= 4 is 23.8 Å². The molecule has 0 aromatic carbocycles. The topological polar surface area (TPSA) is 135 Å². The van der Waals surface area contributed by atoms with Crippen molar-refractivity contribution in [1.29, 1.82) is 0 Å². The second kappa shape index (κ2) is 8.58. The van der Waals surface area contributed by atoms with Crippen LogP contribution < -0.4 is 10.3 Å². The molecule has 2 rings (SSSR count). The Kier molecular flexibility index (Phi) is 6.45. The van der Waals surface area contributed by atoms with Gasteiger partial charge in [-0.15, -0.1) is 0 Å². The van der Waals surface area contributed by atoms with Gasteiger partial charge in [-0.05, 0) is 6.07 Å². The maximum atomic E-state index is 11.6. The molecule has 1 amide bonds. The van der Waals surface area contributed by atoms with E-state index >= 15 is 0 Å². The molecular formula is C17H21N2O8+. The van der Waals surface area contributed by atoms with E-state index in [1.807, 2.05) is 0 Å². The van der Waals surface area contributed by atoms with Gasteiger partial charge < -0.3 is 24.7 Å². The highest BCUT2D eigenvalue weighted by Gasteiger charge is 2.54. The summed E-state index contributed by atoms with van der Waals surface area (Å²) in [6.45, 7) is 3.41. The number of carbonyl (C=O) groups excluding carboxylic acids is 4. The third kappa shape index (κ3) is 5.23. The Balaban J connectivity index is 2.39. The number of nitrogens with two attached hydrogens (primary N) is 1. The SMILES string of the molecule is CC(=O)OC[C@H]1OC([n+]2cccc(C(N)=O)c2)[C@H](OC(C)=O)[C@@H]1OC(C)=O. The van der Waals surface area contributed by atoms with Crippen molar-refractivity contribution in [3.05, 3.63) is 30.1 Å². The molecule has 2 heterocycles. The number of carbonyl (C=O) groups is 4. The second-order valence-electron chi connectivity index (χ2n) is 5.92. The van der Waals surface area contributed by atoms with Crippen LogP contribution in [-0.4, -0.2) is 48.7 Å². The molecule has 0 radical (unpaired) electrons. The maximum absolute atomic E-state index is 11.6. The van der Waals surface area contributed by atoms with Crippen molar-refractivity contribution in [3.8, 4) is 0 Å². The van der Waals surface area contributed by atoms with Gasteiger partial charge in [0, 0.05) is 26.8 Å². The lowest BCUT2D eigenvalue weighted by atomic mass is 10.1.